The lowest BCUT2D eigenvalue weighted by Gasteiger charge is -2.10. The first-order chi connectivity index (χ1) is 13.3. The molecule has 0 radical (unpaired) electrons. The molecule has 28 heavy (non-hydrogen) atoms. The van der Waals surface area contributed by atoms with Crippen molar-refractivity contribution < 1.29 is 14.4 Å². The monoisotopic (exact) mass is 381 g/mol. The zero-order chi connectivity index (χ0) is 20.7. The molecule has 0 aliphatic carbocycles. The van der Waals surface area contributed by atoms with E-state index in [9.17, 15) is 14.4 Å². The Morgan fingerprint density at radius 2 is 1.29 bits per heavy atom. The van der Waals surface area contributed by atoms with Gasteiger partial charge >= 0.3 is 0 Å². The minimum atomic E-state index is -0.234. The molecule has 6 heteroatoms. The van der Waals surface area contributed by atoms with Crippen LogP contribution in [0.2, 0.25) is 0 Å². The lowest BCUT2D eigenvalue weighted by molar-refractivity contribution is -0.118. The first kappa shape index (κ1) is 21.2. The van der Waals surface area contributed by atoms with Crippen molar-refractivity contribution >= 4 is 23.4 Å². The van der Waals surface area contributed by atoms with Gasteiger partial charge in [0.25, 0.3) is 11.8 Å². The highest BCUT2D eigenvalue weighted by molar-refractivity contribution is 5.96. The molecule has 0 unspecified atom stereocenters. The maximum absolute atomic E-state index is 12.2. The van der Waals surface area contributed by atoms with E-state index in [1.807, 2.05) is 45.9 Å². The van der Waals surface area contributed by atoms with E-state index < -0.39 is 0 Å². The Kier molecular flexibility index (Phi) is 7.32. The Hall–Kier alpha value is -3.15. The van der Waals surface area contributed by atoms with Gasteiger partial charge in [0, 0.05) is 35.8 Å². The summed E-state index contributed by atoms with van der Waals surface area (Å²) in [4.78, 5) is 36.0. The van der Waals surface area contributed by atoms with Gasteiger partial charge in [0.15, 0.2) is 0 Å². The first-order valence-electron chi connectivity index (χ1n) is 9.32. The molecule has 3 N–H and O–H groups in total. The average Bonchev–Trinajstić information content (AvgIpc) is 2.64. The third kappa shape index (κ3) is 6.23. The molecule has 0 saturated heterocycles. The molecule has 0 aliphatic heterocycles. The lowest BCUT2D eigenvalue weighted by atomic mass is 10.1. The molecule has 2 rings (SSSR count). The van der Waals surface area contributed by atoms with Gasteiger partial charge in [-0.3, -0.25) is 14.4 Å². The fourth-order valence-corrected chi connectivity index (χ4v) is 2.65. The van der Waals surface area contributed by atoms with E-state index in [1.165, 1.54) is 0 Å². The molecule has 0 atom stereocenters. The van der Waals surface area contributed by atoms with Gasteiger partial charge in [0.2, 0.25) is 5.91 Å². The summed E-state index contributed by atoms with van der Waals surface area (Å²) < 4.78 is 0. The molecular weight excluding hydrogens is 354 g/mol. The molecule has 0 bridgehead atoms. The normalized spacial score (nSPS) is 10.5. The highest BCUT2D eigenvalue weighted by Crippen LogP contribution is 2.11. The van der Waals surface area contributed by atoms with Gasteiger partial charge in [-0.25, -0.2) is 0 Å². The van der Waals surface area contributed by atoms with Gasteiger partial charge in [0.05, 0.1) is 0 Å². The predicted molar refractivity (Wildman–Crippen MR) is 110 cm³/mol. The van der Waals surface area contributed by atoms with Crippen LogP contribution in [0, 0.1) is 19.8 Å². The highest BCUT2D eigenvalue weighted by atomic mass is 16.2. The second kappa shape index (κ2) is 9.69. The topological polar surface area (TPSA) is 87.3 Å². The van der Waals surface area contributed by atoms with Crippen molar-refractivity contribution in [1.29, 1.82) is 0 Å². The predicted octanol–water partition coefficient (Wildman–Crippen LogP) is 3.06. The van der Waals surface area contributed by atoms with Crippen LogP contribution in [-0.2, 0) is 4.79 Å². The van der Waals surface area contributed by atoms with E-state index >= 15 is 0 Å². The lowest BCUT2D eigenvalue weighted by Crippen LogP contribution is -2.34. The number of aryl methyl sites for hydroxylation is 2. The van der Waals surface area contributed by atoms with Crippen molar-refractivity contribution in [2.75, 3.05) is 18.4 Å². The number of hydrogen-bond donors (Lipinski definition) is 3. The Labute approximate surface area is 165 Å². The van der Waals surface area contributed by atoms with E-state index in [4.69, 9.17) is 0 Å². The maximum atomic E-state index is 12.2. The summed E-state index contributed by atoms with van der Waals surface area (Å²) in [6, 6.07) is 12.4. The summed E-state index contributed by atoms with van der Waals surface area (Å²) in [5, 5.41) is 8.34. The smallest absolute Gasteiger partial charge is 0.251 e. The third-order valence-corrected chi connectivity index (χ3v) is 4.12. The largest absolute Gasteiger partial charge is 0.350 e. The summed E-state index contributed by atoms with van der Waals surface area (Å²) in [5.41, 5.74) is 3.82. The molecule has 0 spiro atoms. The van der Waals surface area contributed by atoms with E-state index in [-0.39, 0.29) is 23.6 Å². The molecule has 0 aromatic heterocycles. The van der Waals surface area contributed by atoms with Crippen LogP contribution < -0.4 is 16.0 Å². The van der Waals surface area contributed by atoms with Crippen molar-refractivity contribution in [3.63, 3.8) is 0 Å². The van der Waals surface area contributed by atoms with Gasteiger partial charge in [-0.2, -0.15) is 0 Å². The SMILES string of the molecule is Cc1cc(C)cc(C(=O)NCCNC(=O)c2ccc(NC(=O)C(C)C)cc2)c1. The highest BCUT2D eigenvalue weighted by Gasteiger charge is 2.09. The Morgan fingerprint density at radius 1 is 0.786 bits per heavy atom. The number of hydrogen-bond acceptors (Lipinski definition) is 3. The Balaban J connectivity index is 1.79. The van der Waals surface area contributed by atoms with Gasteiger partial charge in [-0.1, -0.05) is 31.0 Å². The number of anilines is 1. The molecule has 0 aliphatic rings. The molecule has 3 amide bonds. The van der Waals surface area contributed by atoms with Crippen LogP contribution in [0.1, 0.15) is 45.7 Å². The molecule has 0 fully saturated rings. The fraction of sp³-hybridized carbons (Fsp3) is 0.318. The fourth-order valence-electron chi connectivity index (χ4n) is 2.65. The van der Waals surface area contributed by atoms with Crippen LogP contribution in [-0.4, -0.2) is 30.8 Å². The zero-order valence-corrected chi connectivity index (χ0v) is 16.8. The zero-order valence-electron chi connectivity index (χ0n) is 16.8. The summed E-state index contributed by atoms with van der Waals surface area (Å²) in [6.07, 6.45) is 0. The minimum absolute atomic E-state index is 0.0725. The van der Waals surface area contributed by atoms with Crippen LogP contribution >= 0.6 is 0 Å². The number of carbonyl (C=O) groups excluding carboxylic acids is 3. The summed E-state index contributed by atoms with van der Waals surface area (Å²) in [6.45, 7) is 8.18. The van der Waals surface area contributed by atoms with E-state index in [1.54, 1.807) is 24.3 Å². The van der Waals surface area contributed by atoms with Gasteiger partial charge in [0.1, 0.15) is 0 Å². The number of rotatable bonds is 7. The van der Waals surface area contributed by atoms with Gasteiger partial charge < -0.3 is 16.0 Å². The van der Waals surface area contributed by atoms with Crippen molar-refractivity contribution in [1.82, 2.24) is 10.6 Å². The molecule has 2 aromatic rings. The van der Waals surface area contributed by atoms with Crippen LogP contribution in [0.15, 0.2) is 42.5 Å². The Morgan fingerprint density at radius 3 is 1.79 bits per heavy atom. The van der Waals surface area contributed by atoms with Gasteiger partial charge in [-0.05, 0) is 50.2 Å². The number of amides is 3. The summed E-state index contributed by atoms with van der Waals surface area (Å²) >= 11 is 0. The molecular formula is C22H27N3O3. The van der Waals surface area contributed by atoms with Crippen LogP contribution in [0.25, 0.3) is 0 Å². The quantitative estimate of drug-likeness (QED) is 0.644. The number of benzene rings is 2. The summed E-state index contributed by atoms with van der Waals surface area (Å²) in [7, 11) is 0. The second-order valence-electron chi connectivity index (χ2n) is 7.11. The molecule has 2 aromatic carbocycles. The maximum Gasteiger partial charge on any atom is 0.251 e. The van der Waals surface area contributed by atoms with Crippen LogP contribution in [0.5, 0.6) is 0 Å². The second-order valence-corrected chi connectivity index (χ2v) is 7.11. The molecule has 0 heterocycles. The summed E-state index contributed by atoms with van der Waals surface area (Å²) in [5.74, 6) is -0.577. The van der Waals surface area contributed by atoms with Crippen molar-refractivity contribution in [3.8, 4) is 0 Å². The minimum Gasteiger partial charge on any atom is -0.350 e. The van der Waals surface area contributed by atoms with Crippen molar-refractivity contribution in [2.45, 2.75) is 27.7 Å². The van der Waals surface area contributed by atoms with Crippen LogP contribution in [0.4, 0.5) is 5.69 Å². The van der Waals surface area contributed by atoms with Crippen molar-refractivity contribution in [3.05, 3.63) is 64.7 Å². The van der Waals surface area contributed by atoms with Crippen LogP contribution in [0.3, 0.4) is 0 Å². The number of nitrogens with one attached hydrogen (secondary N) is 3. The standard InChI is InChI=1S/C22H27N3O3/c1-14(2)20(26)25-19-7-5-17(6-8-19)21(27)23-9-10-24-22(28)18-12-15(3)11-16(4)13-18/h5-8,11-14H,9-10H2,1-4H3,(H,23,27)(H,24,28)(H,25,26). The molecule has 148 valence electrons. The first-order valence-corrected chi connectivity index (χ1v) is 9.32. The molecule has 0 saturated carbocycles. The third-order valence-electron chi connectivity index (χ3n) is 4.12. The van der Waals surface area contributed by atoms with Crippen molar-refractivity contribution in [2.24, 2.45) is 5.92 Å². The Bertz CT molecular complexity index is 838. The van der Waals surface area contributed by atoms with E-state index in [0.717, 1.165) is 11.1 Å². The van der Waals surface area contributed by atoms with E-state index in [0.29, 0.717) is 29.9 Å². The van der Waals surface area contributed by atoms with Gasteiger partial charge in [-0.15, -0.1) is 0 Å². The molecule has 6 nitrogen and oxygen atoms in total. The van der Waals surface area contributed by atoms with E-state index in [2.05, 4.69) is 16.0 Å². The number of carbonyl (C=O) groups is 3. The average molecular weight is 381 g/mol.